The van der Waals surface area contributed by atoms with Crippen molar-refractivity contribution in [3.63, 3.8) is 0 Å². The Morgan fingerprint density at radius 3 is 2.09 bits per heavy atom. The van der Waals surface area contributed by atoms with Gasteiger partial charge in [-0.15, -0.1) is 0 Å². The van der Waals surface area contributed by atoms with Crippen molar-refractivity contribution in [2.75, 3.05) is 0 Å². The van der Waals surface area contributed by atoms with E-state index in [1.165, 1.54) is 33.2 Å². The SMILES string of the molecule is Cc1ccc(-c2ccc(-c3ccccc3)cc2)c2cccnc12. The molecule has 1 heterocycles. The summed E-state index contributed by atoms with van der Waals surface area (Å²) in [6, 6.07) is 27.7. The zero-order chi connectivity index (χ0) is 15.6. The lowest BCUT2D eigenvalue weighted by Crippen LogP contribution is -1.87. The Hall–Kier alpha value is -2.93. The van der Waals surface area contributed by atoms with Gasteiger partial charge in [0.05, 0.1) is 5.52 Å². The van der Waals surface area contributed by atoms with Gasteiger partial charge >= 0.3 is 0 Å². The van der Waals surface area contributed by atoms with E-state index in [9.17, 15) is 0 Å². The average molecular weight is 295 g/mol. The zero-order valence-corrected chi connectivity index (χ0v) is 13.0. The Balaban J connectivity index is 1.82. The fraction of sp³-hybridized carbons (Fsp3) is 0.0455. The lowest BCUT2D eigenvalue weighted by molar-refractivity contribution is 1.37. The predicted molar refractivity (Wildman–Crippen MR) is 97.4 cm³/mol. The van der Waals surface area contributed by atoms with Crippen LogP contribution in [0.4, 0.5) is 0 Å². The number of rotatable bonds is 2. The highest BCUT2D eigenvalue weighted by Gasteiger charge is 2.07. The van der Waals surface area contributed by atoms with Crippen molar-refractivity contribution in [3.8, 4) is 22.3 Å². The Morgan fingerprint density at radius 2 is 1.30 bits per heavy atom. The number of fused-ring (bicyclic) bond motifs is 1. The van der Waals surface area contributed by atoms with Gasteiger partial charge in [0.1, 0.15) is 0 Å². The van der Waals surface area contributed by atoms with Gasteiger partial charge < -0.3 is 0 Å². The molecule has 0 amide bonds. The van der Waals surface area contributed by atoms with Crippen LogP contribution in [0.15, 0.2) is 85.1 Å². The summed E-state index contributed by atoms with van der Waals surface area (Å²) in [4.78, 5) is 4.53. The van der Waals surface area contributed by atoms with Gasteiger partial charge in [0, 0.05) is 11.6 Å². The summed E-state index contributed by atoms with van der Waals surface area (Å²) in [5.74, 6) is 0. The van der Waals surface area contributed by atoms with E-state index < -0.39 is 0 Å². The summed E-state index contributed by atoms with van der Waals surface area (Å²) >= 11 is 0. The summed E-state index contributed by atoms with van der Waals surface area (Å²) in [5, 5.41) is 1.21. The number of aromatic nitrogens is 1. The topological polar surface area (TPSA) is 12.9 Å². The van der Waals surface area contributed by atoms with E-state index in [-0.39, 0.29) is 0 Å². The molecule has 0 atom stereocenters. The average Bonchev–Trinajstić information content (AvgIpc) is 2.63. The smallest absolute Gasteiger partial charge is 0.0737 e. The number of hydrogen-bond acceptors (Lipinski definition) is 1. The van der Waals surface area contributed by atoms with Gasteiger partial charge in [-0.2, -0.15) is 0 Å². The molecule has 1 aromatic heterocycles. The van der Waals surface area contributed by atoms with E-state index in [4.69, 9.17) is 0 Å². The normalized spacial score (nSPS) is 10.8. The minimum Gasteiger partial charge on any atom is -0.256 e. The first-order valence-electron chi connectivity index (χ1n) is 7.83. The zero-order valence-electron chi connectivity index (χ0n) is 13.0. The van der Waals surface area contributed by atoms with Gasteiger partial charge in [-0.3, -0.25) is 4.98 Å². The fourth-order valence-electron chi connectivity index (χ4n) is 3.04. The van der Waals surface area contributed by atoms with Crippen molar-refractivity contribution in [2.45, 2.75) is 6.92 Å². The van der Waals surface area contributed by atoms with Crippen LogP contribution < -0.4 is 0 Å². The molecule has 0 saturated heterocycles. The van der Waals surface area contributed by atoms with Gasteiger partial charge in [-0.05, 0) is 40.8 Å². The second-order valence-corrected chi connectivity index (χ2v) is 5.77. The lowest BCUT2D eigenvalue weighted by Gasteiger charge is -2.09. The van der Waals surface area contributed by atoms with Crippen LogP contribution in [0.1, 0.15) is 5.56 Å². The van der Waals surface area contributed by atoms with Gasteiger partial charge in [0.15, 0.2) is 0 Å². The minimum absolute atomic E-state index is 1.08. The Morgan fingerprint density at radius 1 is 0.609 bits per heavy atom. The molecule has 0 radical (unpaired) electrons. The third-order valence-corrected chi connectivity index (χ3v) is 4.27. The Bertz CT molecular complexity index is 954. The lowest BCUT2D eigenvalue weighted by atomic mass is 9.96. The van der Waals surface area contributed by atoms with Crippen LogP contribution in [0.3, 0.4) is 0 Å². The maximum absolute atomic E-state index is 4.53. The molecule has 1 heteroatoms. The minimum atomic E-state index is 1.08. The van der Waals surface area contributed by atoms with Crippen LogP contribution >= 0.6 is 0 Å². The summed E-state index contributed by atoms with van der Waals surface area (Å²) in [6.07, 6.45) is 1.86. The van der Waals surface area contributed by atoms with Gasteiger partial charge in [-0.25, -0.2) is 0 Å². The van der Waals surface area contributed by atoms with E-state index >= 15 is 0 Å². The maximum Gasteiger partial charge on any atom is 0.0737 e. The first-order chi connectivity index (χ1) is 11.3. The predicted octanol–water partition coefficient (Wildman–Crippen LogP) is 5.88. The third kappa shape index (κ3) is 2.51. The molecule has 4 aromatic rings. The Kier molecular flexibility index (Phi) is 3.39. The van der Waals surface area contributed by atoms with E-state index in [0.717, 1.165) is 5.52 Å². The Labute approximate surface area is 136 Å². The van der Waals surface area contributed by atoms with Crippen molar-refractivity contribution >= 4 is 10.9 Å². The maximum atomic E-state index is 4.53. The van der Waals surface area contributed by atoms with Crippen molar-refractivity contribution in [3.05, 3.63) is 90.6 Å². The van der Waals surface area contributed by atoms with Crippen molar-refractivity contribution in [1.82, 2.24) is 4.98 Å². The summed E-state index contributed by atoms with van der Waals surface area (Å²) in [5.41, 5.74) is 7.24. The fourth-order valence-corrected chi connectivity index (χ4v) is 3.04. The number of hydrogen-bond donors (Lipinski definition) is 0. The highest BCUT2D eigenvalue weighted by Crippen LogP contribution is 2.31. The van der Waals surface area contributed by atoms with Gasteiger partial charge in [-0.1, -0.05) is 72.8 Å². The van der Waals surface area contributed by atoms with Crippen LogP contribution in [0.5, 0.6) is 0 Å². The van der Waals surface area contributed by atoms with E-state index in [2.05, 4.69) is 78.6 Å². The van der Waals surface area contributed by atoms with Crippen LogP contribution in [-0.4, -0.2) is 4.98 Å². The van der Waals surface area contributed by atoms with E-state index in [0.29, 0.717) is 0 Å². The molecule has 0 fully saturated rings. The van der Waals surface area contributed by atoms with Crippen molar-refractivity contribution in [1.29, 1.82) is 0 Å². The quantitative estimate of drug-likeness (QED) is 0.450. The van der Waals surface area contributed by atoms with Crippen molar-refractivity contribution < 1.29 is 0 Å². The summed E-state index contributed by atoms with van der Waals surface area (Å²) in [6.45, 7) is 2.11. The molecule has 0 aliphatic rings. The molecular weight excluding hydrogens is 278 g/mol. The monoisotopic (exact) mass is 295 g/mol. The van der Waals surface area contributed by atoms with Crippen LogP contribution in [-0.2, 0) is 0 Å². The second-order valence-electron chi connectivity index (χ2n) is 5.77. The molecule has 0 unspecified atom stereocenters. The number of pyridine rings is 1. The second kappa shape index (κ2) is 5.69. The molecule has 0 bridgehead atoms. The molecule has 110 valence electrons. The number of benzene rings is 3. The van der Waals surface area contributed by atoms with E-state index in [1.54, 1.807) is 0 Å². The van der Waals surface area contributed by atoms with Gasteiger partial charge in [0.2, 0.25) is 0 Å². The largest absolute Gasteiger partial charge is 0.256 e. The molecule has 23 heavy (non-hydrogen) atoms. The molecule has 0 aliphatic carbocycles. The number of nitrogens with zero attached hydrogens (tertiary/aromatic N) is 1. The molecular formula is C22H17N. The van der Waals surface area contributed by atoms with Crippen LogP contribution in [0.2, 0.25) is 0 Å². The molecule has 0 spiro atoms. The van der Waals surface area contributed by atoms with Crippen LogP contribution in [0.25, 0.3) is 33.2 Å². The number of aryl methyl sites for hydroxylation is 1. The first kappa shape index (κ1) is 13.7. The van der Waals surface area contributed by atoms with Crippen LogP contribution in [0, 0.1) is 6.92 Å². The molecule has 0 saturated carbocycles. The molecule has 3 aromatic carbocycles. The van der Waals surface area contributed by atoms with E-state index in [1.807, 2.05) is 18.3 Å². The third-order valence-electron chi connectivity index (χ3n) is 4.27. The summed E-state index contributed by atoms with van der Waals surface area (Å²) in [7, 11) is 0. The van der Waals surface area contributed by atoms with Gasteiger partial charge in [0.25, 0.3) is 0 Å². The molecule has 0 N–H and O–H groups in total. The molecule has 0 aliphatic heterocycles. The summed E-state index contributed by atoms with van der Waals surface area (Å²) < 4.78 is 0. The standard InChI is InChI=1S/C22H17N/c1-16-9-14-20(21-8-5-15-23-22(16)21)19-12-10-18(11-13-19)17-6-3-2-4-7-17/h2-15H,1H3. The molecule has 1 nitrogen and oxygen atoms in total. The molecule has 4 rings (SSSR count). The first-order valence-corrected chi connectivity index (χ1v) is 7.83. The highest BCUT2D eigenvalue weighted by molar-refractivity contribution is 5.96. The highest BCUT2D eigenvalue weighted by atomic mass is 14.6. The van der Waals surface area contributed by atoms with Crippen molar-refractivity contribution in [2.24, 2.45) is 0 Å².